The molecule has 1 aliphatic heterocycles. The van der Waals surface area contributed by atoms with Crippen molar-refractivity contribution in [3.05, 3.63) is 12.3 Å². The van der Waals surface area contributed by atoms with Crippen molar-refractivity contribution < 1.29 is 9.47 Å². The largest absolute Gasteiger partial charge is 0.382 e. The molecule has 0 aromatic carbocycles. The normalized spacial score (nSPS) is 17.8. The van der Waals surface area contributed by atoms with Gasteiger partial charge in [0.2, 0.25) is 0 Å². The highest BCUT2D eigenvalue weighted by Gasteiger charge is 2.13. The minimum Gasteiger partial charge on any atom is -0.382 e. The van der Waals surface area contributed by atoms with E-state index < -0.39 is 0 Å². The summed E-state index contributed by atoms with van der Waals surface area (Å²) in [4.78, 5) is 0. The molecule has 5 heteroatoms. The first-order valence-corrected chi connectivity index (χ1v) is 5.83. The first-order chi connectivity index (χ1) is 7.84. The van der Waals surface area contributed by atoms with Crippen molar-refractivity contribution in [2.24, 2.45) is 0 Å². The van der Waals surface area contributed by atoms with Gasteiger partial charge >= 0.3 is 0 Å². The Hall–Kier alpha value is -1.07. The molecular weight excluding hydrogens is 206 g/mol. The van der Waals surface area contributed by atoms with Gasteiger partial charge in [0.1, 0.15) is 5.82 Å². The fraction of sp³-hybridized carbons (Fsp3) is 0.727. The van der Waals surface area contributed by atoms with Crippen LogP contribution >= 0.6 is 0 Å². The number of ether oxygens (including phenoxy) is 2. The van der Waals surface area contributed by atoms with Gasteiger partial charge in [0.25, 0.3) is 0 Å². The van der Waals surface area contributed by atoms with Crippen molar-refractivity contribution >= 4 is 5.82 Å². The van der Waals surface area contributed by atoms with Crippen LogP contribution in [0.1, 0.15) is 19.3 Å². The second-order valence-electron chi connectivity index (χ2n) is 4.04. The number of hydrogen-bond donors (Lipinski definition) is 1. The average Bonchev–Trinajstić information content (AvgIpc) is 2.72. The third-order valence-electron chi connectivity index (χ3n) is 2.71. The van der Waals surface area contributed by atoms with Crippen molar-refractivity contribution in [1.29, 1.82) is 0 Å². The molecule has 0 spiro atoms. The highest BCUT2D eigenvalue weighted by atomic mass is 16.5. The number of nitrogen functional groups attached to an aromatic ring is 1. The van der Waals surface area contributed by atoms with Crippen LogP contribution in [0.5, 0.6) is 0 Å². The zero-order valence-electron chi connectivity index (χ0n) is 9.47. The highest BCUT2D eigenvalue weighted by molar-refractivity contribution is 5.23. The lowest BCUT2D eigenvalue weighted by atomic mass is 10.1. The van der Waals surface area contributed by atoms with Crippen molar-refractivity contribution in [2.75, 3.05) is 25.6 Å². The summed E-state index contributed by atoms with van der Waals surface area (Å²) in [7, 11) is 0. The van der Waals surface area contributed by atoms with Crippen LogP contribution in [0.4, 0.5) is 5.82 Å². The molecular formula is C11H19N3O2. The molecule has 1 fully saturated rings. The van der Waals surface area contributed by atoms with Crippen molar-refractivity contribution in [3.63, 3.8) is 0 Å². The molecule has 2 rings (SSSR count). The molecule has 2 heterocycles. The Morgan fingerprint density at radius 3 is 3.00 bits per heavy atom. The van der Waals surface area contributed by atoms with Crippen molar-refractivity contribution in [1.82, 2.24) is 9.78 Å². The van der Waals surface area contributed by atoms with Crippen LogP contribution in [0.25, 0.3) is 0 Å². The molecule has 16 heavy (non-hydrogen) atoms. The zero-order valence-corrected chi connectivity index (χ0v) is 9.47. The van der Waals surface area contributed by atoms with Gasteiger partial charge < -0.3 is 15.2 Å². The van der Waals surface area contributed by atoms with Crippen LogP contribution in [0.3, 0.4) is 0 Å². The van der Waals surface area contributed by atoms with Crippen LogP contribution in [-0.4, -0.2) is 35.7 Å². The molecule has 0 radical (unpaired) electrons. The van der Waals surface area contributed by atoms with Gasteiger partial charge in [0.15, 0.2) is 0 Å². The maximum absolute atomic E-state index is 5.76. The van der Waals surface area contributed by atoms with Crippen LogP contribution in [0.15, 0.2) is 12.3 Å². The molecule has 0 atom stereocenters. The summed E-state index contributed by atoms with van der Waals surface area (Å²) in [5.41, 5.74) is 5.52. The fourth-order valence-electron chi connectivity index (χ4n) is 1.82. The Kier molecular flexibility index (Phi) is 4.18. The lowest BCUT2D eigenvalue weighted by Gasteiger charge is -2.22. The number of anilines is 1. The van der Waals surface area contributed by atoms with Gasteiger partial charge in [0, 0.05) is 32.6 Å². The van der Waals surface area contributed by atoms with Gasteiger partial charge in [-0.2, -0.15) is 5.10 Å². The van der Waals surface area contributed by atoms with E-state index in [-0.39, 0.29) is 0 Å². The molecule has 2 N–H and O–H groups in total. The monoisotopic (exact) mass is 225 g/mol. The van der Waals surface area contributed by atoms with Crippen molar-refractivity contribution in [2.45, 2.75) is 31.9 Å². The summed E-state index contributed by atoms with van der Waals surface area (Å²) in [5.74, 6) is 0.574. The molecule has 1 aliphatic rings. The van der Waals surface area contributed by atoms with E-state index in [4.69, 9.17) is 15.2 Å². The maximum Gasteiger partial charge on any atom is 0.145 e. The van der Waals surface area contributed by atoms with E-state index in [0.717, 1.165) is 45.6 Å². The molecule has 0 bridgehead atoms. The molecule has 90 valence electrons. The van der Waals surface area contributed by atoms with Gasteiger partial charge in [-0.05, 0) is 25.3 Å². The fourth-order valence-corrected chi connectivity index (χ4v) is 1.82. The molecule has 0 saturated carbocycles. The van der Waals surface area contributed by atoms with Crippen LogP contribution in [0.2, 0.25) is 0 Å². The third kappa shape index (κ3) is 3.50. The Bertz CT molecular complexity index is 308. The third-order valence-corrected chi connectivity index (χ3v) is 2.71. The maximum atomic E-state index is 5.76. The number of nitrogens with two attached hydrogens (primary N) is 1. The van der Waals surface area contributed by atoms with E-state index in [1.165, 1.54) is 0 Å². The van der Waals surface area contributed by atoms with Gasteiger partial charge in [0.05, 0.1) is 6.10 Å². The van der Waals surface area contributed by atoms with Gasteiger partial charge in [-0.25, -0.2) is 0 Å². The van der Waals surface area contributed by atoms with E-state index in [2.05, 4.69) is 5.10 Å². The molecule has 5 nitrogen and oxygen atoms in total. The number of nitrogens with zero attached hydrogens (tertiary/aromatic N) is 2. The second-order valence-corrected chi connectivity index (χ2v) is 4.04. The summed E-state index contributed by atoms with van der Waals surface area (Å²) in [6, 6.07) is 1.80. The summed E-state index contributed by atoms with van der Waals surface area (Å²) in [6.07, 6.45) is 5.29. The first kappa shape index (κ1) is 11.4. The highest BCUT2D eigenvalue weighted by Crippen LogP contribution is 2.10. The average molecular weight is 225 g/mol. The molecule has 1 saturated heterocycles. The number of rotatable bonds is 5. The smallest absolute Gasteiger partial charge is 0.145 e. The van der Waals surface area contributed by atoms with Gasteiger partial charge in [-0.15, -0.1) is 0 Å². The van der Waals surface area contributed by atoms with Crippen LogP contribution < -0.4 is 5.73 Å². The Labute approximate surface area is 95.5 Å². The second kappa shape index (κ2) is 5.86. The van der Waals surface area contributed by atoms with Gasteiger partial charge in [-0.3, -0.25) is 4.68 Å². The van der Waals surface area contributed by atoms with Gasteiger partial charge in [-0.1, -0.05) is 0 Å². The zero-order chi connectivity index (χ0) is 11.2. The van der Waals surface area contributed by atoms with Crippen molar-refractivity contribution in [3.8, 4) is 0 Å². The summed E-state index contributed by atoms with van der Waals surface area (Å²) >= 11 is 0. The van der Waals surface area contributed by atoms with E-state index in [0.29, 0.717) is 11.9 Å². The van der Waals surface area contributed by atoms with Crippen LogP contribution in [0, 0.1) is 0 Å². The minimum atomic E-state index is 0.386. The summed E-state index contributed by atoms with van der Waals surface area (Å²) < 4.78 is 12.9. The number of aryl methyl sites for hydroxylation is 1. The quantitative estimate of drug-likeness (QED) is 0.761. The van der Waals surface area contributed by atoms with E-state index in [1.54, 1.807) is 6.07 Å². The SMILES string of the molecule is Nc1ccn(CCCOC2CCOCC2)n1. The van der Waals surface area contributed by atoms with E-state index in [9.17, 15) is 0 Å². The number of aromatic nitrogens is 2. The topological polar surface area (TPSA) is 62.3 Å². The lowest BCUT2D eigenvalue weighted by Crippen LogP contribution is -2.24. The Balaban J connectivity index is 1.57. The minimum absolute atomic E-state index is 0.386. The molecule has 1 aromatic rings. The predicted octanol–water partition coefficient (Wildman–Crippen LogP) is 1.05. The Morgan fingerprint density at radius 2 is 2.31 bits per heavy atom. The molecule has 0 aliphatic carbocycles. The Morgan fingerprint density at radius 1 is 1.50 bits per heavy atom. The van der Waals surface area contributed by atoms with E-state index >= 15 is 0 Å². The molecule has 1 aromatic heterocycles. The summed E-state index contributed by atoms with van der Waals surface area (Å²) in [6.45, 7) is 3.31. The number of hydrogen-bond acceptors (Lipinski definition) is 4. The molecule has 0 unspecified atom stereocenters. The first-order valence-electron chi connectivity index (χ1n) is 5.83. The predicted molar refractivity (Wildman–Crippen MR) is 61.0 cm³/mol. The standard InChI is InChI=1S/C11H19N3O2/c12-11-2-6-14(13-11)5-1-7-16-10-3-8-15-9-4-10/h2,6,10H,1,3-5,7-9H2,(H2,12,13). The molecule has 0 amide bonds. The van der Waals surface area contributed by atoms with E-state index in [1.807, 2.05) is 10.9 Å². The lowest BCUT2D eigenvalue weighted by molar-refractivity contribution is -0.0331. The van der Waals surface area contributed by atoms with Crippen LogP contribution in [-0.2, 0) is 16.0 Å². The summed E-state index contributed by atoms with van der Waals surface area (Å²) in [5, 5.41) is 4.11.